The molecular weight excluding hydrogens is 336 g/mol. The first-order valence-electron chi connectivity index (χ1n) is 6.94. The summed E-state index contributed by atoms with van der Waals surface area (Å²) in [5.74, 6) is -0.573. The van der Waals surface area contributed by atoms with Gasteiger partial charge in [0, 0.05) is 13.0 Å². The molecule has 0 spiro atoms. The second-order valence-electron chi connectivity index (χ2n) is 5.06. The van der Waals surface area contributed by atoms with Crippen molar-refractivity contribution in [3.63, 3.8) is 0 Å². The van der Waals surface area contributed by atoms with Crippen LogP contribution in [0.5, 0.6) is 0 Å². The van der Waals surface area contributed by atoms with Crippen molar-refractivity contribution >= 4 is 33.2 Å². The summed E-state index contributed by atoms with van der Waals surface area (Å²) in [4.78, 5) is 11.1. The number of nitrogens with zero attached hydrogens (tertiary/aromatic N) is 1. The minimum absolute atomic E-state index is 0.00177. The van der Waals surface area contributed by atoms with E-state index in [1.807, 2.05) is 6.92 Å². The van der Waals surface area contributed by atoms with Crippen molar-refractivity contribution in [3.8, 4) is 0 Å². The second-order valence-corrected chi connectivity index (χ2v) is 7.30. The van der Waals surface area contributed by atoms with E-state index in [9.17, 15) is 13.2 Å². The summed E-state index contributed by atoms with van der Waals surface area (Å²) >= 11 is 6.11. The first kappa shape index (κ1) is 17.3. The number of carbonyl (C=O) groups excluding carboxylic acids is 1. The number of amides is 1. The molecule has 0 aromatic heterocycles. The van der Waals surface area contributed by atoms with E-state index in [1.165, 1.54) is 6.07 Å². The quantitative estimate of drug-likeness (QED) is 0.867. The lowest BCUT2D eigenvalue weighted by Crippen LogP contribution is -2.34. The van der Waals surface area contributed by atoms with Gasteiger partial charge in [0.1, 0.15) is 4.90 Å². The summed E-state index contributed by atoms with van der Waals surface area (Å²) in [6, 6.07) is 13.3. The largest absolute Gasteiger partial charge is 0.370 e. The van der Waals surface area contributed by atoms with Crippen molar-refractivity contribution in [2.24, 2.45) is 5.73 Å². The highest BCUT2D eigenvalue weighted by Gasteiger charge is 2.27. The number of para-hydroxylation sites is 1. The molecule has 2 N–H and O–H groups in total. The molecule has 7 heteroatoms. The number of sulfonamides is 1. The molecule has 0 saturated heterocycles. The number of anilines is 1. The maximum Gasteiger partial charge on any atom is 0.265 e. The van der Waals surface area contributed by atoms with Crippen molar-refractivity contribution in [2.45, 2.75) is 18.2 Å². The molecule has 0 heterocycles. The van der Waals surface area contributed by atoms with Gasteiger partial charge in [-0.05, 0) is 36.8 Å². The van der Waals surface area contributed by atoms with Gasteiger partial charge < -0.3 is 5.73 Å². The first-order valence-corrected chi connectivity index (χ1v) is 8.76. The van der Waals surface area contributed by atoms with Crippen LogP contribution < -0.4 is 10.0 Å². The van der Waals surface area contributed by atoms with Crippen LogP contribution in [0.3, 0.4) is 0 Å². The molecule has 0 aliphatic heterocycles. The predicted molar refractivity (Wildman–Crippen MR) is 91.0 cm³/mol. The maximum atomic E-state index is 13.0. The lowest BCUT2D eigenvalue weighted by Gasteiger charge is -2.24. The van der Waals surface area contributed by atoms with E-state index in [0.717, 1.165) is 9.87 Å². The third-order valence-corrected chi connectivity index (χ3v) is 5.57. The Morgan fingerprint density at radius 3 is 2.39 bits per heavy atom. The third kappa shape index (κ3) is 4.03. The number of rotatable bonds is 6. The molecule has 0 atom stereocenters. The van der Waals surface area contributed by atoms with Gasteiger partial charge in [0.05, 0.1) is 10.7 Å². The standard InChI is InChI=1S/C16H17ClN2O3S/c1-12-7-8-15(14(17)11-12)23(21,22)19(10-9-16(18)20)13-5-3-2-4-6-13/h2-8,11H,9-10H2,1H3,(H2,18,20). The number of nitrogens with two attached hydrogens (primary N) is 1. The summed E-state index contributed by atoms with van der Waals surface area (Å²) in [6.07, 6.45) is -0.0857. The molecule has 0 saturated carbocycles. The fourth-order valence-corrected chi connectivity index (χ4v) is 4.17. The Hall–Kier alpha value is -2.05. The highest BCUT2D eigenvalue weighted by Crippen LogP contribution is 2.29. The Kier molecular flexibility index (Phi) is 5.28. The molecule has 122 valence electrons. The normalized spacial score (nSPS) is 11.2. The van der Waals surface area contributed by atoms with Gasteiger partial charge in [-0.2, -0.15) is 0 Å². The van der Waals surface area contributed by atoms with Crippen LogP contribution in [0.1, 0.15) is 12.0 Å². The van der Waals surface area contributed by atoms with Gasteiger partial charge in [0.25, 0.3) is 10.0 Å². The van der Waals surface area contributed by atoms with E-state index in [0.29, 0.717) is 5.69 Å². The van der Waals surface area contributed by atoms with Gasteiger partial charge in [0.2, 0.25) is 5.91 Å². The Morgan fingerprint density at radius 1 is 1.17 bits per heavy atom. The van der Waals surface area contributed by atoms with Gasteiger partial charge in [-0.1, -0.05) is 35.9 Å². The van der Waals surface area contributed by atoms with Gasteiger partial charge >= 0.3 is 0 Å². The van der Waals surface area contributed by atoms with Crippen molar-refractivity contribution in [3.05, 3.63) is 59.1 Å². The molecule has 0 fully saturated rings. The summed E-state index contributed by atoms with van der Waals surface area (Å²) in [5, 5.41) is 0.144. The lowest BCUT2D eigenvalue weighted by molar-refractivity contribution is -0.117. The van der Waals surface area contributed by atoms with E-state index in [-0.39, 0.29) is 22.9 Å². The molecule has 0 aliphatic rings. The molecule has 0 aliphatic carbocycles. The Labute approximate surface area is 140 Å². The van der Waals surface area contributed by atoms with E-state index in [2.05, 4.69) is 0 Å². The van der Waals surface area contributed by atoms with Crippen LogP contribution in [0.25, 0.3) is 0 Å². The van der Waals surface area contributed by atoms with Crippen molar-refractivity contribution < 1.29 is 13.2 Å². The number of primary amides is 1. The summed E-state index contributed by atoms with van der Waals surface area (Å²) in [6.45, 7) is 1.77. The molecule has 1 amide bonds. The lowest BCUT2D eigenvalue weighted by atomic mass is 10.2. The molecule has 0 unspecified atom stereocenters. The summed E-state index contributed by atoms with van der Waals surface area (Å²) in [7, 11) is -3.90. The Balaban J connectivity index is 2.50. The zero-order valence-corrected chi connectivity index (χ0v) is 14.1. The van der Waals surface area contributed by atoms with Crippen LogP contribution in [-0.2, 0) is 14.8 Å². The number of benzene rings is 2. The van der Waals surface area contributed by atoms with Crippen LogP contribution in [0.15, 0.2) is 53.4 Å². The van der Waals surface area contributed by atoms with E-state index in [4.69, 9.17) is 17.3 Å². The SMILES string of the molecule is Cc1ccc(S(=O)(=O)N(CCC(N)=O)c2ccccc2)c(Cl)c1. The average molecular weight is 353 g/mol. The zero-order valence-electron chi connectivity index (χ0n) is 12.6. The minimum Gasteiger partial charge on any atom is -0.370 e. The molecule has 2 aromatic carbocycles. The number of hydrogen-bond donors (Lipinski definition) is 1. The van der Waals surface area contributed by atoms with Gasteiger partial charge in [-0.3, -0.25) is 9.10 Å². The maximum absolute atomic E-state index is 13.0. The molecule has 23 heavy (non-hydrogen) atoms. The van der Waals surface area contributed by atoms with Crippen LogP contribution in [0, 0.1) is 6.92 Å². The number of aryl methyl sites for hydroxylation is 1. The van der Waals surface area contributed by atoms with Crippen LogP contribution in [0.2, 0.25) is 5.02 Å². The van der Waals surface area contributed by atoms with Crippen LogP contribution in [-0.4, -0.2) is 20.9 Å². The van der Waals surface area contributed by atoms with E-state index >= 15 is 0 Å². The van der Waals surface area contributed by atoms with E-state index < -0.39 is 15.9 Å². The molecule has 2 rings (SSSR count). The Morgan fingerprint density at radius 2 is 1.83 bits per heavy atom. The fraction of sp³-hybridized carbons (Fsp3) is 0.188. The predicted octanol–water partition coefficient (Wildman–Crippen LogP) is 2.72. The monoisotopic (exact) mass is 352 g/mol. The van der Waals surface area contributed by atoms with Gasteiger partial charge in [-0.15, -0.1) is 0 Å². The molecule has 2 aromatic rings. The molecular formula is C16H17ClN2O3S. The second kappa shape index (κ2) is 7.02. The topological polar surface area (TPSA) is 80.5 Å². The van der Waals surface area contributed by atoms with Gasteiger partial charge in [0.15, 0.2) is 0 Å². The summed E-state index contributed by atoms with van der Waals surface area (Å²) in [5.41, 5.74) is 6.47. The highest BCUT2D eigenvalue weighted by molar-refractivity contribution is 7.93. The van der Waals surface area contributed by atoms with Crippen molar-refractivity contribution in [1.82, 2.24) is 0 Å². The van der Waals surface area contributed by atoms with Crippen molar-refractivity contribution in [1.29, 1.82) is 0 Å². The number of halogens is 1. The van der Waals surface area contributed by atoms with E-state index in [1.54, 1.807) is 42.5 Å². The molecule has 0 radical (unpaired) electrons. The van der Waals surface area contributed by atoms with Gasteiger partial charge in [-0.25, -0.2) is 8.42 Å². The fourth-order valence-electron chi connectivity index (χ4n) is 2.13. The number of carbonyl (C=O) groups is 1. The number of hydrogen-bond acceptors (Lipinski definition) is 3. The summed E-state index contributed by atoms with van der Waals surface area (Å²) < 4.78 is 27.1. The molecule has 5 nitrogen and oxygen atoms in total. The van der Waals surface area contributed by atoms with Crippen LogP contribution in [0.4, 0.5) is 5.69 Å². The van der Waals surface area contributed by atoms with Crippen molar-refractivity contribution in [2.75, 3.05) is 10.8 Å². The zero-order chi connectivity index (χ0) is 17.0. The average Bonchev–Trinajstić information content (AvgIpc) is 2.47. The molecule has 0 bridgehead atoms. The Bertz CT molecular complexity index is 807. The van der Waals surface area contributed by atoms with Crippen LogP contribution >= 0.6 is 11.6 Å². The minimum atomic E-state index is -3.90. The smallest absolute Gasteiger partial charge is 0.265 e. The first-order chi connectivity index (χ1) is 10.8. The third-order valence-electron chi connectivity index (χ3n) is 3.26. The highest BCUT2D eigenvalue weighted by atomic mass is 35.5.